The first kappa shape index (κ1) is 38.4. The molecule has 0 aromatic carbocycles. The lowest BCUT2D eigenvalue weighted by atomic mass is 9.34. The number of hydrogen-bond donors (Lipinski definition) is 2. The molecule has 10 heteroatoms. The maximum absolute atomic E-state index is 13.5. The van der Waals surface area contributed by atoms with Crippen molar-refractivity contribution in [1.29, 1.82) is 0 Å². The summed E-state index contributed by atoms with van der Waals surface area (Å²) in [6.07, 6.45) is 9.04. The van der Waals surface area contributed by atoms with Crippen molar-refractivity contribution >= 4 is 11.9 Å². The van der Waals surface area contributed by atoms with Crippen molar-refractivity contribution in [2.75, 3.05) is 33.9 Å². The fraction of sp³-hybridized carbons (Fsp3) is 0.854. The van der Waals surface area contributed by atoms with E-state index >= 15 is 0 Å². The minimum Gasteiger partial charge on any atom is -0.481 e. The number of amides is 1. The van der Waals surface area contributed by atoms with Crippen LogP contribution in [0.15, 0.2) is 18.0 Å². The lowest BCUT2D eigenvalue weighted by Crippen LogP contribution is -2.69. The molecule has 4 aliphatic carbocycles. The van der Waals surface area contributed by atoms with Gasteiger partial charge in [0.25, 0.3) is 5.91 Å². The molecule has 51 heavy (non-hydrogen) atoms. The maximum atomic E-state index is 13.5. The van der Waals surface area contributed by atoms with Gasteiger partial charge in [0, 0.05) is 30.5 Å². The average molecular weight is 710 g/mol. The van der Waals surface area contributed by atoms with E-state index in [1.165, 1.54) is 11.9 Å². The molecule has 1 amide bonds. The highest BCUT2D eigenvalue weighted by molar-refractivity contribution is 5.90. The number of rotatable bonds is 9. The van der Waals surface area contributed by atoms with Crippen molar-refractivity contribution in [1.82, 2.24) is 19.7 Å². The zero-order chi connectivity index (χ0) is 37.7. The molecular weight excluding hydrogens is 642 g/mol. The zero-order valence-electron chi connectivity index (χ0n) is 33.6. The van der Waals surface area contributed by atoms with Crippen LogP contribution in [0.25, 0.3) is 0 Å². The third-order valence-electron chi connectivity index (χ3n) is 16.5. The third kappa shape index (κ3) is 5.41. The number of aliphatic carboxylic acids is 1. The number of allylic oxidation sites excluding steroid dienone is 1. The number of carboxylic acids is 1. The van der Waals surface area contributed by atoms with Crippen LogP contribution in [0.4, 0.5) is 0 Å². The van der Waals surface area contributed by atoms with E-state index in [1.807, 2.05) is 11.6 Å². The SMILES string of the molecule is CC(C)[C@@H](C)[C@@]1(C)CC[C@]2(C)[C@H]3CC[C@@H]4[C@@]5(COC[C@@]4(C)[C@@H](OC[C@](C)(N)C(C)C)[C@H](n4ncnc4C(=O)N(C)C)C5)C3=CC[C@@]2(C)[C@@H]1C(=O)O. The van der Waals surface area contributed by atoms with Gasteiger partial charge in [0.2, 0.25) is 5.82 Å². The number of nitrogens with two attached hydrogens (primary N) is 1. The predicted molar refractivity (Wildman–Crippen MR) is 198 cm³/mol. The number of aromatic nitrogens is 3. The van der Waals surface area contributed by atoms with Crippen LogP contribution in [0.2, 0.25) is 0 Å². The molecule has 0 spiro atoms. The summed E-state index contributed by atoms with van der Waals surface area (Å²) in [6, 6.07) is -0.270. The zero-order valence-corrected chi connectivity index (χ0v) is 33.6. The van der Waals surface area contributed by atoms with Gasteiger partial charge >= 0.3 is 5.97 Å². The quantitative estimate of drug-likeness (QED) is 0.266. The Balaban J connectivity index is 1.48. The second-order valence-electron chi connectivity index (χ2n) is 19.7. The molecule has 2 bridgehead atoms. The molecule has 10 nitrogen and oxygen atoms in total. The van der Waals surface area contributed by atoms with Crippen LogP contribution < -0.4 is 5.73 Å². The molecule has 3 N–H and O–H groups in total. The van der Waals surface area contributed by atoms with Crippen LogP contribution in [0.3, 0.4) is 0 Å². The molecule has 3 saturated carbocycles. The van der Waals surface area contributed by atoms with E-state index in [4.69, 9.17) is 20.3 Å². The van der Waals surface area contributed by atoms with Gasteiger partial charge in [-0.3, -0.25) is 9.59 Å². The van der Waals surface area contributed by atoms with Crippen LogP contribution in [-0.2, 0) is 14.3 Å². The number of nitrogens with zero attached hydrogens (tertiary/aromatic N) is 4. The largest absolute Gasteiger partial charge is 0.481 e. The fourth-order valence-electron chi connectivity index (χ4n) is 12.4. The van der Waals surface area contributed by atoms with E-state index in [9.17, 15) is 14.7 Å². The highest BCUT2D eigenvalue weighted by atomic mass is 16.5. The lowest BCUT2D eigenvalue weighted by molar-refractivity contribution is -0.252. The summed E-state index contributed by atoms with van der Waals surface area (Å²) in [5, 5.41) is 15.8. The van der Waals surface area contributed by atoms with Crippen LogP contribution in [-0.4, -0.2) is 82.2 Å². The first-order chi connectivity index (χ1) is 23.6. The summed E-state index contributed by atoms with van der Waals surface area (Å²) in [6.45, 7) is 23.9. The maximum Gasteiger partial charge on any atom is 0.307 e. The van der Waals surface area contributed by atoms with Crippen molar-refractivity contribution < 1.29 is 24.2 Å². The number of hydrogen-bond acceptors (Lipinski definition) is 7. The highest BCUT2D eigenvalue weighted by Gasteiger charge is 2.72. The van der Waals surface area contributed by atoms with E-state index < -0.39 is 22.8 Å². The Morgan fingerprint density at radius 2 is 1.78 bits per heavy atom. The topological polar surface area (TPSA) is 133 Å². The molecule has 0 radical (unpaired) electrons. The van der Waals surface area contributed by atoms with Crippen LogP contribution in [0.5, 0.6) is 0 Å². The summed E-state index contributed by atoms with van der Waals surface area (Å²) >= 11 is 0. The van der Waals surface area contributed by atoms with E-state index in [1.54, 1.807) is 19.0 Å². The standard InChI is InChI=1S/C41H67N5O5/c1-24(2)26(5)36(6)17-18-38(8)27-13-14-30-37(7)20-50-22-41(30,28(27)15-16-39(38,9)31(36)35(48)49)19-29(32(37)51-21-40(10,42)25(3)4)46-33(43-23-44-46)34(47)45(11)12/h15,23-27,29-32H,13-14,16-22,42H2,1-12H3,(H,48,49)/t26-,27+,29-,30+,31-,32+,36-,37-,38-,39+,40+,41+/m1/s1. The first-order valence-corrected chi connectivity index (χ1v) is 19.6. The van der Waals surface area contributed by atoms with Gasteiger partial charge in [0.15, 0.2) is 0 Å². The number of ether oxygens (including phenoxy) is 2. The van der Waals surface area contributed by atoms with Gasteiger partial charge in [-0.05, 0) is 91.3 Å². The Kier molecular flexibility index (Phi) is 9.53. The Labute approximate surface area is 306 Å². The first-order valence-electron chi connectivity index (χ1n) is 19.6. The predicted octanol–water partition coefficient (Wildman–Crippen LogP) is 6.87. The van der Waals surface area contributed by atoms with Crippen molar-refractivity contribution in [3.63, 3.8) is 0 Å². The smallest absolute Gasteiger partial charge is 0.307 e. The van der Waals surface area contributed by atoms with Gasteiger partial charge in [-0.2, -0.15) is 5.10 Å². The second kappa shape index (κ2) is 12.6. The summed E-state index contributed by atoms with van der Waals surface area (Å²) in [4.78, 5) is 33.1. The Morgan fingerprint density at radius 1 is 1.10 bits per heavy atom. The molecule has 1 saturated heterocycles. The summed E-state index contributed by atoms with van der Waals surface area (Å²) in [5.41, 5.74) is 6.16. The van der Waals surface area contributed by atoms with Gasteiger partial charge in [-0.1, -0.05) is 74.0 Å². The molecule has 286 valence electrons. The van der Waals surface area contributed by atoms with Gasteiger partial charge in [0.05, 0.1) is 37.9 Å². The van der Waals surface area contributed by atoms with Gasteiger partial charge in [-0.15, -0.1) is 0 Å². The Morgan fingerprint density at radius 3 is 2.39 bits per heavy atom. The van der Waals surface area contributed by atoms with Crippen LogP contribution in [0.1, 0.15) is 124 Å². The van der Waals surface area contributed by atoms with Crippen LogP contribution >= 0.6 is 0 Å². The Bertz CT molecular complexity index is 1550. The van der Waals surface area contributed by atoms with E-state index in [0.717, 1.165) is 32.1 Å². The molecular formula is C41H67N5O5. The summed E-state index contributed by atoms with van der Waals surface area (Å²) in [7, 11) is 3.49. The lowest BCUT2D eigenvalue weighted by Gasteiger charge is -2.71. The molecule has 4 fully saturated rings. The molecule has 1 aromatic heterocycles. The number of fused-ring (bicyclic) bond motifs is 3. The molecule has 6 rings (SSSR count). The number of carboxylic acid groups (broad SMARTS) is 1. The van der Waals surface area contributed by atoms with Crippen LogP contribution in [0, 0.1) is 62.6 Å². The van der Waals surface area contributed by atoms with E-state index in [-0.39, 0.29) is 57.5 Å². The van der Waals surface area contributed by atoms with Crippen molar-refractivity contribution in [3.8, 4) is 0 Å². The highest BCUT2D eigenvalue weighted by Crippen LogP contribution is 2.75. The number of carbonyl (C=O) groups excluding carboxylic acids is 1. The van der Waals surface area contributed by atoms with Gasteiger partial charge in [-0.25, -0.2) is 9.67 Å². The molecule has 1 aromatic rings. The molecule has 0 unspecified atom stereocenters. The summed E-state index contributed by atoms with van der Waals surface area (Å²) < 4.78 is 15.6. The van der Waals surface area contributed by atoms with Crippen molar-refractivity contribution in [2.24, 2.45) is 68.3 Å². The summed E-state index contributed by atoms with van der Waals surface area (Å²) in [5.74, 6) is 0.464. The molecule has 1 aliphatic heterocycles. The minimum absolute atomic E-state index is 0.189. The van der Waals surface area contributed by atoms with Crippen molar-refractivity contribution in [3.05, 3.63) is 23.8 Å². The average Bonchev–Trinajstić information content (AvgIpc) is 3.53. The normalized spacial score (nSPS) is 42.3. The Hall–Kier alpha value is -2.30. The molecule has 12 atom stereocenters. The van der Waals surface area contributed by atoms with E-state index in [0.29, 0.717) is 43.9 Å². The molecule has 2 heterocycles. The third-order valence-corrected chi connectivity index (χ3v) is 16.5. The van der Waals surface area contributed by atoms with Gasteiger partial charge in [0.1, 0.15) is 6.33 Å². The minimum atomic E-state index is -0.647. The van der Waals surface area contributed by atoms with E-state index in [2.05, 4.69) is 73.4 Å². The molecule has 5 aliphatic rings. The number of carbonyl (C=O) groups is 2. The van der Waals surface area contributed by atoms with Crippen molar-refractivity contribution in [2.45, 2.75) is 125 Å². The second-order valence-corrected chi connectivity index (χ2v) is 19.7. The van der Waals surface area contributed by atoms with Gasteiger partial charge < -0.3 is 25.2 Å². The fourth-order valence-corrected chi connectivity index (χ4v) is 12.4. The monoisotopic (exact) mass is 710 g/mol.